The van der Waals surface area contributed by atoms with Crippen molar-refractivity contribution in [2.24, 2.45) is 0 Å². The first kappa shape index (κ1) is 16.4. The second kappa shape index (κ2) is 9.32. The van der Waals surface area contributed by atoms with Crippen molar-refractivity contribution in [2.45, 2.75) is 65.0 Å². The van der Waals surface area contributed by atoms with Gasteiger partial charge in [-0.05, 0) is 39.3 Å². The molecule has 1 amide bonds. The summed E-state index contributed by atoms with van der Waals surface area (Å²) in [6.45, 7) is 10.0. The zero-order valence-corrected chi connectivity index (χ0v) is 12.9. The molecular formula is C15H31N3O. The van der Waals surface area contributed by atoms with Gasteiger partial charge in [-0.1, -0.05) is 26.7 Å². The van der Waals surface area contributed by atoms with Gasteiger partial charge in [-0.2, -0.15) is 0 Å². The molecule has 0 aliphatic carbocycles. The molecule has 0 saturated carbocycles. The van der Waals surface area contributed by atoms with Gasteiger partial charge in [0.2, 0.25) is 5.91 Å². The van der Waals surface area contributed by atoms with E-state index in [2.05, 4.69) is 36.3 Å². The van der Waals surface area contributed by atoms with Gasteiger partial charge in [0.25, 0.3) is 0 Å². The second-order valence-electron chi connectivity index (χ2n) is 5.68. The van der Waals surface area contributed by atoms with Crippen LogP contribution >= 0.6 is 0 Å². The highest BCUT2D eigenvalue weighted by Crippen LogP contribution is 2.16. The molecule has 2 atom stereocenters. The van der Waals surface area contributed by atoms with E-state index >= 15 is 0 Å². The zero-order valence-electron chi connectivity index (χ0n) is 12.9. The van der Waals surface area contributed by atoms with Crippen LogP contribution in [0.25, 0.3) is 0 Å². The quantitative estimate of drug-likeness (QED) is 0.706. The van der Waals surface area contributed by atoms with Crippen LogP contribution in [0.1, 0.15) is 52.9 Å². The van der Waals surface area contributed by atoms with E-state index in [4.69, 9.17) is 0 Å². The third kappa shape index (κ3) is 6.39. The minimum absolute atomic E-state index is 0.185. The standard InChI is InChI=1S/C15H31N3O/c1-4-8-13(3)17-15(19)12-18-10-7-6-9-14(18)11-16-5-2/h13-14,16H,4-12H2,1-3H3,(H,17,19). The van der Waals surface area contributed by atoms with E-state index in [1.54, 1.807) is 0 Å². The summed E-state index contributed by atoms with van der Waals surface area (Å²) in [7, 11) is 0. The summed E-state index contributed by atoms with van der Waals surface area (Å²) < 4.78 is 0. The van der Waals surface area contributed by atoms with Crippen LogP contribution in [-0.4, -0.2) is 49.1 Å². The number of piperidine rings is 1. The highest BCUT2D eigenvalue weighted by atomic mass is 16.2. The molecule has 1 aliphatic heterocycles. The van der Waals surface area contributed by atoms with Crippen LogP contribution in [-0.2, 0) is 4.79 Å². The number of likely N-dealkylation sites (N-methyl/N-ethyl adjacent to an activating group) is 1. The molecule has 1 fully saturated rings. The Morgan fingerprint density at radius 2 is 2.16 bits per heavy atom. The monoisotopic (exact) mass is 269 g/mol. The van der Waals surface area contributed by atoms with E-state index in [9.17, 15) is 4.79 Å². The number of likely N-dealkylation sites (tertiary alicyclic amines) is 1. The molecule has 0 aromatic rings. The average Bonchev–Trinajstić information content (AvgIpc) is 2.37. The van der Waals surface area contributed by atoms with Gasteiger partial charge in [-0.3, -0.25) is 9.69 Å². The summed E-state index contributed by atoms with van der Waals surface area (Å²) in [6, 6.07) is 0.829. The van der Waals surface area contributed by atoms with Crippen LogP contribution in [0.4, 0.5) is 0 Å². The van der Waals surface area contributed by atoms with Crippen molar-refractivity contribution in [1.29, 1.82) is 0 Å². The maximum atomic E-state index is 12.0. The van der Waals surface area contributed by atoms with E-state index in [0.29, 0.717) is 18.6 Å². The molecular weight excluding hydrogens is 238 g/mol. The van der Waals surface area contributed by atoms with Crippen LogP contribution in [0.5, 0.6) is 0 Å². The highest BCUT2D eigenvalue weighted by molar-refractivity contribution is 5.78. The molecule has 0 bridgehead atoms. The van der Waals surface area contributed by atoms with Crippen molar-refractivity contribution in [3.63, 3.8) is 0 Å². The number of hydrogen-bond donors (Lipinski definition) is 2. The Kier molecular flexibility index (Phi) is 8.07. The number of amides is 1. The largest absolute Gasteiger partial charge is 0.353 e. The molecule has 1 rings (SSSR count). The highest BCUT2D eigenvalue weighted by Gasteiger charge is 2.23. The van der Waals surface area contributed by atoms with E-state index < -0.39 is 0 Å². The lowest BCUT2D eigenvalue weighted by Crippen LogP contribution is -2.50. The molecule has 19 heavy (non-hydrogen) atoms. The topological polar surface area (TPSA) is 44.4 Å². The Bertz CT molecular complexity index is 258. The van der Waals surface area contributed by atoms with Crippen LogP contribution in [0.2, 0.25) is 0 Å². The summed E-state index contributed by atoms with van der Waals surface area (Å²) >= 11 is 0. The lowest BCUT2D eigenvalue weighted by atomic mass is 10.0. The van der Waals surface area contributed by atoms with E-state index in [-0.39, 0.29) is 5.91 Å². The first-order valence-electron chi connectivity index (χ1n) is 7.91. The van der Waals surface area contributed by atoms with Crippen molar-refractivity contribution in [3.05, 3.63) is 0 Å². The summed E-state index contributed by atoms with van der Waals surface area (Å²) in [5, 5.41) is 6.51. The lowest BCUT2D eigenvalue weighted by Gasteiger charge is -2.35. The Morgan fingerprint density at radius 3 is 2.84 bits per heavy atom. The Balaban J connectivity index is 2.36. The van der Waals surface area contributed by atoms with Gasteiger partial charge in [-0.25, -0.2) is 0 Å². The molecule has 2 unspecified atom stereocenters. The fourth-order valence-electron chi connectivity index (χ4n) is 2.82. The third-order valence-corrected chi connectivity index (χ3v) is 3.85. The van der Waals surface area contributed by atoms with Crippen molar-refractivity contribution >= 4 is 5.91 Å². The van der Waals surface area contributed by atoms with Crippen LogP contribution in [0.15, 0.2) is 0 Å². The molecule has 0 radical (unpaired) electrons. The summed E-state index contributed by atoms with van der Waals surface area (Å²) in [6.07, 6.45) is 5.91. The molecule has 0 aromatic carbocycles. The minimum Gasteiger partial charge on any atom is -0.353 e. The molecule has 1 saturated heterocycles. The van der Waals surface area contributed by atoms with Crippen LogP contribution in [0.3, 0.4) is 0 Å². The first-order chi connectivity index (χ1) is 9.17. The Hall–Kier alpha value is -0.610. The smallest absolute Gasteiger partial charge is 0.234 e. The fourth-order valence-corrected chi connectivity index (χ4v) is 2.82. The molecule has 1 aliphatic rings. The summed E-state index contributed by atoms with van der Waals surface area (Å²) in [5.41, 5.74) is 0. The molecule has 4 heteroatoms. The molecule has 0 spiro atoms. The van der Waals surface area contributed by atoms with Crippen LogP contribution < -0.4 is 10.6 Å². The van der Waals surface area contributed by atoms with E-state index in [1.165, 1.54) is 19.3 Å². The second-order valence-corrected chi connectivity index (χ2v) is 5.68. The number of nitrogens with zero attached hydrogens (tertiary/aromatic N) is 1. The van der Waals surface area contributed by atoms with Gasteiger partial charge in [-0.15, -0.1) is 0 Å². The van der Waals surface area contributed by atoms with Gasteiger partial charge >= 0.3 is 0 Å². The molecule has 4 nitrogen and oxygen atoms in total. The first-order valence-corrected chi connectivity index (χ1v) is 7.91. The predicted molar refractivity (Wildman–Crippen MR) is 80.3 cm³/mol. The van der Waals surface area contributed by atoms with E-state index in [0.717, 1.165) is 32.5 Å². The maximum Gasteiger partial charge on any atom is 0.234 e. The fraction of sp³-hybridized carbons (Fsp3) is 0.933. The maximum absolute atomic E-state index is 12.0. The van der Waals surface area contributed by atoms with Gasteiger partial charge in [0.1, 0.15) is 0 Å². The molecule has 112 valence electrons. The number of hydrogen-bond acceptors (Lipinski definition) is 3. The Morgan fingerprint density at radius 1 is 1.37 bits per heavy atom. The normalized spacial score (nSPS) is 22.2. The number of rotatable bonds is 8. The Labute approximate surface area is 118 Å². The number of carbonyl (C=O) groups excluding carboxylic acids is 1. The molecule has 2 N–H and O–H groups in total. The van der Waals surface area contributed by atoms with Gasteiger partial charge < -0.3 is 10.6 Å². The third-order valence-electron chi connectivity index (χ3n) is 3.85. The van der Waals surface area contributed by atoms with Gasteiger partial charge in [0, 0.05) is 18.6 Å². The summed E-state index contributed by atoms with van der Waals surface area (Å²) in [4.78, 5) is 14.4. The van der Waals surface area contributed by atoms with E-state index in [1.807, 2.05) is 0 Å². The zero-order chi connectivity index (χ0) is 14.1. The lowest BCUT2D eigenvalue weighted by molar-refractivity contribution is -0.123. The average molecular weight is 269 g/mol. The van der Waals surface area contributed by atoms with Crippen LogP contribution in [0, 0.1) is 0 Å². The number of nitrogens with one attached hydrogen (secondary N) is 2. The van der Waals surface area contributed by atoms with Gasteiger partial charge in [0.05, 0.1) is 6.54 Å². The summed E-state index contributed by atoms with van der Waals surface area (Å²) in [5.74, 6) is 0.185. The van der Waals surface area contributed by atoms with Crippen molar-refractivity contribution in [1.82, 2.24) is 15.5 Å². The molecule has 1 heterocycles. The SMILES string of the molecule is CCCC(C)NC(=O)CN1CCCCC1CNCC. The minimum atomic E-state index is 0.185. The van der Waals surface area contributed by atoms with Crippen molar-refractivity contribution < 1.29 is 4.79 Å². The molecule has 0 aromatic heterocycles. The van der Waals surface area contributed by atoms with Crippen molar-refractivity contribution in [3.8, 4) is 0 Å². The van der Waals surface area contributed by atoms with Gasteiger partial charge in [0.15, 0.2) is 0 Å². The predicted octanol–water partition coefficient (Wildman–Crippen LogP) is 1.76. The number of carbonyl (C=O) groups is 1. The van der Waals surface area contributed by atoms with Crippen molar-refractivity contribution in [2.75, 3.05) is 26.2 Å².